The Morgan fingerprint density at radius 1 is 1.19 bits per heavy atom. The minimum absolute atomic E-state index is 0.00776. The van der Waals surface area contributed by atoms with Crippen LogP contribution < -0.4 is 5.32 Å². The summed E-state index contributed by atoms with van der Waals surface area (Å²) in [5.41, 5.74) is 0. The summed E-state index contributed by atoms with van der Waals surface area (Å²) in [6, 6.07) is 0.298. The second kappa shape index (κ2) is 5.93. The van der Waals surface area contributed by atoms with Gasteiger partial charge in [0.2, 0.25) is 11.8 Å². The normalized spacial score (nSPS) is 29.7. The molecule has 6 nitrogen and oxygen atoms in total. The number of likely N-dealkylation sites (N-methyl/N-ethyl adjacent to an activating group) is 1. The lowest BCUT2D eigenvalue weighted by Gasteiger charge is -2.36. The van der Waals surface area contributed by atoms with Crippen LogP contribution in [0.2, 0.25) is 0 Å². The van der Waals surface area contributed by atoms with Gasteiger partial charge in [0.15, 0.2) is 0 Å². The zero-order chi connectivity index (χ0) is 15.0. The van der Waals surface area contributed by atoms with Crippen molar-refractivity contribution in [1.82, 2.24) is 15.1 Å². The van der Waals surface area contributed by atoms with Crippen molar-refractivity contribution < 1.29 is 14.7 Å². The molecule has 0 aromatic carbocycles. The SMILES string of the molecule is CN1CC[C@H](N2CCC([C@H](O)C(=O)NC3CC3)CC2)C1=O. The van der Waals surface area contributed by atoms with Gasteiger partial charge in [-0.1, -0.05) is 0 Å². The van der Waals surface area contributed by atoms with Crippen molar-refractivity contribution in [3.63, 3.8) is 0 Å². The van der Waals surface area contributed by atoms with Gasteiger partial charge in [0.05, 0.1) is 6.04 Å². The summed E-state index contributed by atoms with van der Waals surface area (Å²) >= 11 is 0. The first kappa shape index (κ1) is 14.8. The van der Waals surface area contributed by atoms with Gasteiger partial charge in [-0.2, -0.15) is 0 Å². The van der Waals surface area contributed by atoms with E-state index in [1.54, 1.807) is 4.90 Å². The van der Waals surface area contributed by atoms with Crippen molar-refractivity contribution in [2.24, 2.45) is 5.92 Å². The Balaban J connectivity index is 1.48. The lowest BCUT2D eigenvalue weighted by Crippen LogP contribution is -2.49. The fourth-order valence-electron chi connectivity index (χ4n) is 3.42. The maximum absolute atomic E-state index is 12.0. The van der Waals surface area contributed by atoms with E-state index in [4.69, 9.17) is 0 Å². The Labute approximate surface area is 125 Å². The predicted octanol–water partition coefficient (Wildman–Crippen LogP) is -0.431. The quantitative estimate of drug-likeness (QED) is 0.738. The first-order chi connectivity index (χ1) is 10.1. The van der Waals surface area contributed by atoms with Gasteiger partial charge in [0.25, 0.3) is 0 Å². The number of piperidine rings is 1. The summed E-state index contributed by atoms with van der Waals surface area (Å²) in [6.45, 7) is 2.42. The molecule has 3 fully saturated rings. The summed E-state index contributed by atoms with van der Waals surface area (Å²) in [4.78, 5) is 27.9. The smallest absolute Gasteiger partial charge is 0.249 e. The maximum atomic E-state index is 12.0. The van der Waals surface area contributed by atoms with Gasteiger partial charge in [-0.05, 0) is 51.1 Å². The second-order valence-electron chi connectivity index (χ2n) is 6.67. The molecule has 1 saturated carbocycles. The lowest BCUT2D eigenvalue weighted by atomic mass is 9.90. The van der Waals surface area contributed by atoms with Crippen LogP contribution in [0.3, 0.4) is 0 Å². The van der Waals surface area contributed by atoms with Gasteiger partial charge >= 0.3 is 0 Å². The number of nitrogens with one attached hydrogen (secondary N) is 1. The van der Waals surface area contributed by atoms with Crippen molar-refractivity contribution in [1.29, 1.82) is 0 Å². The molecule has 2 saturated heterocycles. The molecule has 2 amide bonds. The predicted molar refractivity (Wildman–Crippen MR) is 77.5 cm³/mol. The molecular formula is C15H25N3O3. The molecule has 0 unspecified atom stereocenters. The summed E-state index contributed by atoms with van der Waals surface area (Å²) in [5.74, 6) is 0.0161. The van der Waals surface area contributed by atoms with Crippen LogP contribution in [-0.2, 0) is 9.59 Å². The number of rotatable bonds is 4. The van der Waals surface area contributed by atoms with Crippen LogP contribution in [0.1, 0.15) is 32.1 Å². The molecule has 2 aliphatic heterocycles. The second-order valence-corrected chi connectivity index (χ2v) is 6.67. The average Bonchev–Trinajstić information content (AvgIpc) is 3.24. The van der Waals surface area contributed by atoms with Crippen LogP contribution in [-0.4, -0.2) is 71.6 Å². The van der Waals surface area contributed by atoms with E-state index in [1.165, 1.54) is 0 Å². The summed E-state index contributed by atoms with van der Waals surface area (Å²) in [5, 5.41) is 13.0. The van der Waals surface area contributed by atoms with Crippen LogP contribution in [0.5, 0.6) is 0 Å². The Hall–Kier alpha value is -1.14. The average molecular weight is 295 g/mol. The summed E-state index contributed by atoms with van der Waals surface area (Å²) in [7, 11) is 1.85. The van der Waals surface area contributed by atoms with Crippen molar-refractivity contribution in [2.75, 3.05) is 26.7 Å². The summed E-state index contributed by atoms with van der Waals surface area (Å²) < 4.78 is 0. The molecular weight excluding hydrogens is 270 g/mol. The maximum Gasteiger partial charge on any atom is 0.249 e. The van der Waals surface area contributed by atoms with E-state index in [2.05, 4.69) is 10.2 Å². The third-order valence-electron chi connectivity index (χ3n) is 5.05. The molecule has 0 bridgehead atoms. The van der Waals surface area contributed by atoms with Crippen molar-refractivity contribution in [2.45, 2.75) is 50.3 Å². The molecule has 21 heavy (non-hydrogen) atoms. The van der Waals surface area contributed by atoms with E-state index in [-0.39, 0.29) is 23.8 Å². The highest BCUT2D eigenvalue weighted by Crippen LogP contribution is 2.26. The van der Waals surface area contributed by atoms with E-state index < -0.39 is 6.10 Å². The highest BCUT2D eigenvalue weighted by atomic mass is 16.3. The molecule has 0 aromatic heterocycles. The van der Waals surface area contributed by atoms with E-state index in [0.717, 1.165) is 51.7 Å². The number of nitrogens with zero attached hydrogens (tertiary/aromatic N) is 2. The van der Waals surface area contributed by atoms with Gasteiger partial charge in [-0.15, -0.1) is 0 Å². The first-order valence-corrected chi connectivity index (χ1v) is 8.03. The zero-order valence-corrected chi connectivity index (χ0v) is 12.6. The molecule has 6 heteroatoms. The number of hydrogen-bond donors (Lipinski definition) is 2. The number of carbonyl (C=O) groups is 2. The van der Waals surface area contributed by atoms with Crippen molar-refractivity contribution >= 4 is 11.8 Å². The van der Waals surface area contributed by atoms with Gasteiger partial charge < -0.3 is 15.3 Å². The molecule has 2 N–H and O–H groups in total. The molecule has 2 atom stereocenters. The largest absolute Gasteiger partial charge is 0.383 e. The number of likely N-dealkylation sites (tertiary alicyclic amines) is 2. The third-order valence-corrected chi connectivity index (χ3v) is 5.05. The van der Waals surface area contributed by atoms with Gasteiger partial charge in [0.1, 0.15) is 6.10 Å². The number of amides is 2. The van der Waals surface area contributed by atoms with Crippen molar-refractivity contribution in [3.05, 3.63) is 0 Å². The Bertz CT molecular complexity index is 416. The van der Waals surface area contributed by atoms with E-state index in [0.29, 0.717) is 6.04 Å². The van der Waals surface area contributed by atoms with Crippen LogP contribution in [0.15, 0.2) is 0 Å². The Morgan fingerprint density at radius 2 is 1.86 bits per heavy atom. The lowest BCUT2D eigenvalue weighted by molar-refractivity contribution is -0.135. The van der Waals surface area contributed by atoms with Gasteiger partial charge in [-0.3, -0.25) is 14.5 Å². The van der Waals surface area contributed by atoms with E-state index >= 15 is 0 Å². The number of carbonyl (C=O) groups excluding carboxylic acids is 2. The first-order valence-electron chi connectivity index (χ1n) is 8.03. The van der Waals surface area contributed by atoms with Gasteiger partial charge in [0, 0.05) is 19.6 Å². The number of aliphatic hydroxyl groups excluding tert-OH is 1. The fraction of sp³-hybridized carbons (Fsp3) is 0.867. The molecule has 1 aliphatic carbocycles. The Morgan fingerprint density at radius 3 is 2.38 bits per heavy atom. The van der Waals surface area contributed by atoms with Crippen LogP contribution in [0.4, 0.5) is 0 Å². The molecule has 3 rings (SSSR count). The highest BCUT2D eigenvalue weighted by molar-refractivity contribution is 5.83. The number of aliphatic hydroxyl groups is 1. The molecule has 3 aliphatic rings. The van der Waals surface area contributed by atoms with Gasteiger partial charge in [-0.25, -0.2) is 0 Å². The van der Waals surface area contributed by atoms with E-state index in [9.17, 15) is 14.7 Å². The highest BCUT2D eigenvalue weighted by Gasteiger charge is 2.38. The van der Waals surface area contributed by atoms with E-state index in [1.807, 2.05) is 7.05 Å². The molecule has 2 heterocycles. The topological polar surface area (TPSA) is 72.9 Å². The van der Waals surface area contributed by atoms with Crippen LogP contribution >= 0.6 is 0 Å². The summed E-state index contributed by atoms with van der Waals surface area (Å²) in [6.07, 6.45) is 3.64. The minimum Gasteiger partial charge on any atom is -0.383 e. The molecule has 0 radical (unpaired) electrons. The monoisotopic (exact) mass is 295 g/mol. The van der Waals surface area contributed by atoms with Crippen LogP contribution in [0, 0.1) is 5.92 Å². The molecule has 0 spiro atoms. The van der Waals surface area contributed by atoms with Crippen LogP contribution in [0.25, 0.3) is 0 Å². The molecule has 0 aromatic rings. The number of hydrogen-bond acceptors (Lipinski definition) is 4. The standard InChI is InChI=1S/C15H25N3O3/c1-17-7-6-12(15(17)21)18-8-4-10(5-9-18)13(19)14(20)16-11-2-3-11/h10-13,19H,2-9H2,1H3,(H,16,20)/t12-,13-/m0/s1. The zero-order valence-electron chi connectivity index (χ0n) is 12.6. The fourth-order valence-corrected chi connectivity index (χ4v) is 3.42. The Kier molecular flexibility index (Phi) is 4.17. The minimum atomic E-state index is -0.894. The van der Waals surface area contributed by atoms with Crippen molar-refractivity contribution in [3.8, 4) is 0 Å². The third kappa shape index (κ3) is 3.21. The molecule has 118 valence electrons.